The summed E-state index contributed by atoms with van der Waals surface area (Å²) < 4.78 is 0. The van der Waals surface area contributed by atoms with Crippen molar-refractivity contribution in [1.29, 1.82) is 0 Å². The summed E-state index contributed by atoms with van der Waals surface area (Å²) in [6.07, 6.45) is 0. The molecule has 0 fully saturated rings. The van der Waals surface area contributed by atoms with Gasteiger partial charge < -0.3 is 11.1 Å². The monoisotopic (exact) mass is 204 g/mol. The molecule has 0 aromatic rings. The largest absolute Gasteiger partial charge is 0.351 e. The first-order valence-corrected chi connectivity index (χ1v) is 4.67. The van der Waals surface area contributed by atoms with Crippen LogP contribution in [0.3, 0.4) is 0 Å². The Morgan fingerprint density at radius 3 is 2.46 bits per heavy atom. The smallest absolute Gasteiger partial charge is 0.224 e. The molecule has 0 saturated heterocycles. The van der Waals surface area contributed by atoms with Crippen LogP contribution in [-0.4, -0.2) is 19.0 Å². The van der Waals surface area contributed by atoms with Gasteiger partial charge in [-0.05, 0) is 5.92 Å². The number of hydrogen-bond donors (Lipinski definition) is 2. The average Bonchev–Trinajstić information content (AvgIpc) is 2.01. The van der Waals surface area contributed by atoms with Crippen molar-refractivity contribution in [2.45, 2.75) is 13.8 Å². The van der Waals surface area contributed by atoms with Crippen LogP contribution in [0.5, 0.6) is 0 Å². The molecule has 0 aromatic heterocycles. The Kier molecular flexibility index (Phi) is 5.75. The van der Waals surface area contributed by atoms with E-state index in [1.807, 2.05) is 13.8 Å². The Morgan fingerprint density at radius 2 is 2.15 bits per heavy atom. The third-order valence-corrected chi connectivity index (χ3v) is 1.98. The Balaban J connectivity index is 3.99. The quantitative estimate of drug-likeness (QED) is 0.705. The maximum Gasteiger partial charge on any atom is 0.224 e. The van der Waals surface area contributed by atoms with Crippen molar-refractivity contribution in [1.82, 2.24) is 5.32 Å². The highest BCUT2D eigenvalue weighted by Gasteiger charge is 2.19. The molecule has 0 aliphatic carbocycles. The number of rotatable bonds is 5. The van der Waals surface area contributed by atoms with Crippen molar-refractivity contribution in [2.24, 2.45) is 17.6 Å². The van der Waals surface area contributed by atoms with E-state index in [9.17, 15) is 4.79 Å². The number of nitrogens with two attached hydrogens (primary N) is 1. The van der Waals surface area contributed by atoms with E-state index in [0.717, 1.165) is 0 Å². The molecule has 0 saturated carbocycles. The molecule has 0 aromatic carbocycles. The van der Waals surface area contributed by atoms with Crippen molar-refractivity contribution in [3.8, 4) is 0 Å². The summed E-state index contributed by atoms with van der Waals surface area (Å²) in [7, 11) is 0. The minimum absolute atomic E-state index is 0.0562. The Labute approximate surface area is 84.3 Å². The highest BCUT2D eigenvalue weighted by molar-refractivity contribution is 6.29. The van der Waals surface area contributed by atoms with Crippen molar-refractivity contribution in [3.05, 3.63) is 11.6 Å². The predicted octanol–water partition coefficient (Wildman–Crippen LogP) is 1.09. The van der Waals surface area contributed by atoms with E-state index in [0.29, 0.717) is 18.1 Å². The zero-order valence-electron chi connectivity index (χ0n) is 8.14. The minimum Gasteiger partial charge on any atom is -0.351 e. The fourth-order valence-electron chi connectivity index (χ4n) is 0.996. The maximum atomic E-state index is 11.4. The molecule has 1 unspecified atom stereocenters. The molecule has 3 N–H and O–H groups in total. The summed E-state index contributed by atoms with van der Waals surface area (Å²) in [5, 5.41) is 3.09. The van der Waals surface area contributed by atoms with Crippen LogP contribution in [0.2, 0.25) is 0 Å². The summed E-state index contributed by atoms with van der Waals surface area (Å²) in [4.78, 5) is 11.4. The van der Waals surface area contributed by atoms with E-state index in [4.69, 9.17) is 17.3 Å². The van der Waals surface area contributed by atoms with Gasteiger partial charge in [-0.2, -0.15) is 0 Å². The van der Waals surface area contributed by atoms with Gasteiger partial charge in [0.1, 0.15) is 0 Å². The van der Waals surface area contributed by atoms with Crippen molar-refractivity contribution in [3.63, 3.8) is 0 Å². The van der Waals surface area contributed by atoms with Crippen molar-refractivity contribution >= 4 is 17.5 Å². The van der Waals surface area contributed by atoms with Crippen LogP contribution in [0.1, 0.15) is 13.8 Å². The van der Waals surface area contributed by atoms with Gasteiger partial charge >= 0.3 is 0 Å². The topological polar surface area (TPSA) is 55.1 Å². The van der Waals surface area contributed by atoms with E-state index in [-0.39, 0.29) is 17.7 Å². The number of hydrogen-bond acceptors (Lipinski definition) is 2. The van der Waals surface area contributed by atoms with Gasteiger partial charge in [-0.15, -0.1) is 0 Å². The van der Waals surface area contributed by atoms with E-state index in [1.165, 1.54) is 0 Å². The van der Waals surface area contributed by atoms with Gasteiger partial charge in [-0.25, -0.2) is 0 Å². The highest BCUT2D eigenvalue weighted by Crippen LogP contribution is 2.09. The molecule has 0 aliphatic rings. The zero-order chi connectivity index (χ0) is 10.4. The molecule has 0 spiro atoms. The van der Waals surface area contributed by atoms with Crippen LogP contribution in [0, 0.1) is 11.8 Å². The first kappa shape index (κ1) is 12.5. The molecule has 1 amide bonds. The third kappa shape index (κ3) is 4.90. The summed E-state index contributed by atoms with van der Waals surface area (Å²) in [5.41, 5.74) is 5.46. The van der Waals surface area contributed by atoms with Gasteiger partial charge in [0.2, 0.25) is 5.91 Å². The number of halogens is 1. The van der Waals surface area contributed by atoms with Crippen LogP contribution < -0.4 is 11.1 Å². The Morgan fingerprint density at radius 1 is 1.62 bits per heavy atom. The first-order chi connectivity index (χ1) is 5.99. The lowest BCUT2D eigenvalue weighted by Crippen LogP contribution is -2.38. The Hall–Kier alpha value is -0.540. The van der Waals surface area contributed by atoms with Gasteiger partial charge in [0.25, 0.3) is 0 Å². The van der Waals surface area contributed by atoms with Gasteiger partial charge in [0.15, 0.2) is 0 Å². The number of nitrogens with one attached hydrogen (secondary N) is 1. The normalized spacial score (nSPS) is 12.7. The van der Waals surface area contributed by atoms with E-state index < -0.39 is 0 Å². The van der Waals surface area contributed by atoms with E-state index >= 15 is 0 Å². The molecule has 0 rings (SSSR count). The fourth-order valence-corrected chi connectivity index (χ4v) is 1.06. The molecule has 0 radical (unpaired) electrons. The summed E-state index contributed by atoms with van der Waals surface area (Å²) in [5.74, 6) is 0.0453. The van der Waals surface area contributed by atoms with Crippen molar-refractivity contribution in [2.75, 3.05) is 13.1 Å². The van der Waals surface area contributed by atoms with Gasteiger partial charge in [0.05, 0.1) is 12.5 Å². The molecule has 4 heteroatoms. The van der Waals surface area contributed by atoms with E-state index in [2.05, 4.69) is 11.9 Å². The standard InChI is InChI=1S/C9H17ClN2O/c1-6(2)8(4-11)9(13)12-5-7(3)10/h6,8H,3-5,11H2,1-2H3,(H,12,13). The number of carbonyl (C=O) groups excluding carboxylic acids is 1. The number of amides is 1. The molecular weight excluding hydrogens is 188 g/mol. The Bertz CT molecular complexity index is 192. The van der Waals surface area contributed by atoms with Crippen molar-refractivity contribution < 1.29 is 4.79 Å². The van der Waals surface area contributed by atoms with Gasteiger partial charge in [-0.1, -0.05) is 32.0 Å². The number of carbonyl (C=O) groups is 1. The summed E-state index contributed by atoms with van der Waals surface area (Å²) in [6, 6.07) is 0. The second-order valence-electron chi connectivity index (χ2n) is 3.32. The lowest BCUT2D eigenvalue weighted by Gasteiger charge is -2.17. The molecule has 76 valence electrons. The lowest BCUT2D eigenvalue weighted by molar-refractivity contribution is -0.125. The third-order valence-electron chi connectivity index (χ3n) is 1.85. The van der Waals surface area contributed by atoms with Crippen LogP contribution in [-0.2, 0) is 4.79 Å². The van der Waals surface area contributed by atoms with Crippen LogP contribution in [0.4, 0.5) is 0 Å². The summed E-state index contributed by atoms with van der Waals surface area (Å²) >= 11 is 5.51. The summed E-state index contributed by atoms with van der Waals surface area (Å²) in [6.45, 7) is 8.07. The predicted molar refractivity (Wildman–Crippen MR) is 55.4 cm³/mol. The average molecular weight is 205 g/mol. The second-order valence-corrected chi connectivity index (χ2v) is 3.86. The van der Waals surface area contributed by atoms with Crippen LogP contribution in [0.15, 0.2) is 11.6 Å². The van der Waals surface area contributed by atoms with Gasteiger partial charge in [-0.3, -0.25) is 4.79 Å². The minimum atomic E-state index is -0.143. The maximum absolute atomic E-state index is 11.4. The molecule has 3 nitrogen and oxygen atoms in total. The first-order valence-electron chi connectivity index (χ1n) is 4.30. The molecular formula is C9H17ClN2O. The molecule has 1 atom stereocenters. The molecule has 0 heterocycles. The van der Waals surface area contributed by atoms with Crippen LogP contribution >= 0.6 is 11.6 Å². The SMILES string of the molecule is C=C(Cl)CNC(=O)C(CN)C(C)C. The lowest BCUT2D eigenvalue weighted by atomic mass is 9.95. The fraction of sp³-hybridized carbons (Fsp3) is 0.667. The molecule has 0 bridgehead atoms. The molecule has 0 aliphatic heterocycles. The van der Waals surface area contributed by atoms with Gasteiger partial charge in [0, 0.05) is 11.6 Å². The zero-order valence-corrected chi connectivity index (χ0v) is 8.90. The molecule has 13 heavy (non-hydrogen) atoms. The second kappa shape index (κ2) is 6.00. The van der Waals surface area contributed by atoms with E-state index in [1.54, 1.807) is 0 Å². The van der Waals surface area contributed by atoms with Crippen LogP contribution in [0.25, 0.3) is 0 Å². The highest BCUT2D eigenvalue weighted by atomic mass is 35.5.